The summed E-state index contributed by atoms with van der Waals surface area (Å²) in [6.45, 7) is 15.8. The van der Waals surface area contributed by atoms with Crippen molar-refractivity contribution in [2.75, 3.05) is 113 Å². The van der Waals surface area contributed by atoms with Crippen LogP contribution in [0.2, 0.25) is 15.5 Å². The lowest BCUT2D eigenvalue weighted by molar-refractivity contribution is 0.0591. The second-order valence-electron chi connectivity index (χ2n) is 26.4. The molecule has 22 nitrogen and oxygen atoms in total. The van der Waals surface area contributed by atoms with Gasteiger partial charge in [-0.05, 0) is 142 Å². The van der Waals surface area contributed by atoms with E-state index in [-0.39, 0.29) is 53.1 Å². The van der Waals surface area contributed by atoms with Gasteiger partial charge in [-0.25, -0.2) is 28.9 Å². The van der Waals surface area contributed by atoms with E-state index in [9.17, 15) is 28.4 Å². The standard InChI is InChI=1S/C27H29ClFN5O3S.C27H30ClN5O3S.C21H35ClN4O2/c1-37-27(36)22-18-9-10-30-13-21(18)38-26(22)33-25(35)19-12-20(29)23(28)32-24(19)31-17-8-5-11-34(15-17)14-16-6-3-2-4-7-16;1-36-27(35)23-19-11-12-29-14-21(19)37-26(23)32-25(34)20-9-10-22(28)31-24(20)30-18-8-5-13-33(16-18)15-17-6-3-2-4-7-17;1-3-5-6-16(4-2)15-23-21(28)18-7-8-19(22)25-20(18)24-17-9-11-26(12-10-17)13-14-27/h2-4,6-7,12,17,30H,5,8-11,13-15H2,1H3,(H,31,32)(H,33,35);2-4,6-7,9-10,18,29H,5,8,11-16H2,1H3,(H,30,31)(H,32,34);7-8,16-17,27H,3-6,9-15H2,1-2H3,(H,23,28)(H,24,25). The molecule has 7 aromatic rings. The zero-order chi connectivity index (χ0) is 72.8. The summed E-state index contributed by atoms with van der Waals surface area (Å²) in [5.41, 5.74) is 6.06. The van der Waals surface area contributed by atoms with Crippen LogP contribution in [0.3, 0.4) is 0 Å². The molecule has 3 unspecified atom stereocenters. The number of rotatable bonds is 25. The molecule has 0 aliphatic carbocycles. The third-order valence-electron chi connectivity index (χ3n) is 19.1. The number of unbranched alkanes of at least 4 members (excludes halogenated alkanes) is 1. The molecule has 0 spiro atoms. The number of amides is 3. The van der Waals surface area contributed by atoms with Gasteiger partial charge in [-0.15, -0.1) is 22.7 Å². The second kappa shape index (κ2) is 39.1. The zero-order valence-electron chi connectivity index (χ0n) is 58.9. The molecule has 0 bridgehead atoms. The molecule has 3 fully saturated rings. The highest BCUT2D eigenvalue weighted by atomic mass is 35.5. The molecule has 3 saturated heterocycles. The Kier molecular flexibility index (Phi) is 29.7. The number of methoxy groups -OCH3 is 2. The normalized spacial score (nSPS) is 17.3. The molecule has 0 saturated carbocycles. The first kappa shape index (κ1) is 78.2. The van der Waals surface area contributed by atoms with Crippen molar-refractivity contribution in [3.05, 3.63) is 172 Å². The number of hydrogen-bond acceptors (Lipinski definition) is 21. The molecule has 5 aliphatic rings. The summed E-state index contributed by atoms with van der Waals surface area (Å²) in [6.07, 6.45) is 11.7. The zero-order valence-corrected chi connectivity index (χ0v) is 62.8. The number of aliphatic hydroxyl groups excluding tert-OH is 1. The Balaban J connectivity index is 0.000000168. The molecule has 12 rings (SSSR count). The lowest BCUT2D eigenvalue weighted by Gasteiger charge is -2.33. The number of carbonyl (C=O) groups excluding carboxylic acids is 5. The van der Waals surface area contributed by atoms with Gasteiger partial charge in [0.25, 0.3) is 17.7 Å². The van der Waals surface area contributed by atoms with Gasteiger partial charge in [0.2, 0.25) is 0 Å². The van der Waals surface area contributed by atoms with Crippen LogP contribution < -0.4 is 42.5 Å². The van der Waals surface area contributed by atoms with E-state index in [4.69, 9.17) is 49.4 Å². The molecule has 3 amide bonds. The number of pyridine rings is 3. The highest BCUT2D eigenvalue weighted by Crippen LogP contribution is 2.39. The van der Waals surface area contributed by atoms with Gasteiger partial charge in [0, 0.05) is 93.3 Å². The quantitative estimate of drug-likeness (QED) is 0.0190. The van der Waals surface area contributed by atoms with Crippen molar-refractivity contribution in [2.45, 2.75) is 135 Å². The summed E-state index contributed by atoms with van der Waals surface area (Å²) in [5.74, 6) is -1.04. The molecule has 9 N–H and O–H groups in total. The van der Waals surface area contributed by atoms with Crippen molar-refractivity contribution in [2.24, 2.45) is 5.92 Å². The van der Waals surface area contributed by atoms with Crippen molar-refractivity contribution < 1.29 is 42.9 Å². The van der Waals surface area contributed by atoms with E-state index < -0.39 is 23.7 Å². The molecule has 5 aromatic heterocycles. The average molecular weight is 1510 g/mol. The number of ether oxygens (including phenoxy) is 2. The minimum absolute atomic E-state index is 0.00111. The Morgan fingerprint density at radius 1 is 0.621 bits per heavy atom. The number of hydrogen-bond donors (Lipinski definition) is 9. The van der Waals surface area contributed by atoms with E-state index in [0.717, 1.165) is 144 Å². The minimum atomic E-state index is -0.792. The van der Waals surface area contributed by atoms with Crippen LogP contribution in [0.25, 0.3) is 0 Å². The fraction of sp³-hybridized carbons (Fsp3) is 0.467. The summed E-state index contributed by atoms with van der Waals surface area (Å²) >= 11 is 21.1. The molecule has 0 radical (unpaired) electrons. The van der Waals surface area contributed by atoms with Gasteiger partial charge in [-0.3, -0.25) is 24.2 Å². The van der Waals surface area contributed by atoms with Gasteiger partial charge in [-0.1, -0.05) is 129 Å². The number of anilines is 5. The molecular weight excluding hydrogens is 1410 g/mol. The molecule has 3 atom stereocenters. The Hall–Kier alpha value is -7.40. The van der Waals surface area contributed by atoms with E-state index >= 15 is 0 Å². The van der Waals surface area contributed by atoms with E-state index in [1.54, 1.807) is 24.3 Å². The lowest BCUT2D eigenvalue weighted by Crippen LogP contribution is -2.42. The number of esters is 2. The number of fused-ring (bicyclic) bond motifs is 2. The van der Waals surface area contributed by atoms with Gasteiger partial charge in [0.05, 0.1) is 48.6 Å². The smallest absolute Gasteiger partial charge is 0.341 e. The molecule has 103 heavy (non-hydrogen) atoms. The molecule has 2 aromatic carbocycles. The van der Waals surface area contributed by atoms with Crippen molar-refractivity contribution in [1.29, 1.82) is 0 Å². The maximum absolute atomic E-state index is 14.5. The van der Waals surface area contributed by atoms with Crippen LogP contribution in [0, 0.1) is 11.7 Å². The number of aliphatic hydroxyl groups is 1. The number of benzene rings is 2. The number of piperidine rings is 3. The number of carbonyl (C=O) groups is 5. The van der Waals surface area contributed by atoms with Crippen LogP contribution in [0.1, 0.15) is 162 Å². The molecule has 5 aliphatic heterocycles. The number of nitrogens with zero attached hydrogens (tertiary/aromatic N) is 6. The maximum atomic E-state index is 14.5. The Morgan fingerprint density at radius 3 is 1.59 bits per heavy atom. The summed E-state index contributed by atoms with van der Waals surface area (Å²) in [7, 11) is 2.67. The molecule has 10 heterocycles. The third-order valence-corrected chi connectivity index (χ3v) is 22.1. The molecular formula is C75H94Cl3FN14O8S2. The SMILES string of the molecule is CCCCC(CC)CNC(=O)c1ccc(Cl)nc1NC1CCN(CCO)CC1.COC(=O)c1c(NC(=O)c2cc(F)c(Cl)nc2NC2CCCN(Cc3ccccc3)C2)sc2c1CCNC2.COC(=O)c1c(NC(=O)c2ccc(Cl)nc2NC2CCCN(Cc3ccccc3)C2)sc2c1CCNC2. The largest absolute Gasteiger partial charge is 0.465 e. The van der Waals surface area contributed by atoms with Crippen molar-refractivity contribution in [3.8, 4) is 0 Å². The monoisotopic (exact) mass is 1510 g/mol. The van der Waals surface area contributed by atoms with Crippen LogP contribution in [-0.4, -0.2) is 169 Å². The number of halogens is 4. The first-order valence-electron chi connectivity index (χ1n) is 35.6. The van der Waals surface area contributed by atoms with Crippen molar-refractivity contribution >= 4 is 115 Å². The second-order valence-corrected chi connectivity index (χ2v) is 29.7. The van der Waals surface area contributed by atoms with Gasteiger partial charge in [0.1, 0.15) is 37.8 Å². The molecule has 28 heteroatoms. The summed E-state index contributed by atoms with van der Waals surface area (Å²) in [6, 6.07) is 28.8. The van der Waals surface area contributed by atoms with Gasteiger partial charge >= 0.3 is 11.9 Å². The number of β-amino-alcohol motifs (C(OH)–C–C–N with tert-alkyl or cyclic N) is 1. The number of likely N-dealkylation sites (tertiary alicyclic amines) is 3. The van der Waals surface area contributed by atoms with Crippen molar-refractivity contribution in [1.82, 2.24) is 45.6 Å². The van der Waals surface area contributed by atoms with Gasteiger partial charge < -0.3 is 62.0 Å². The highest BCUT2D eigenvalue weighted by molar-refractivity contribution is 7.17. The number of aromatic nitrogens is 3. The van der Waals surface area contributed by atoms with E-state index in [1.165, 1.54) is 60.9 Å². The van der Waals surface area contributed by atoms with Crippen LogP contribution in [-0.2, 0) is 48.5 Å². The number of nitrogens with one attached hydrogen (secondary N) is 8. The fourth-order valence-corrected chi connectivity index (χ4v) is 16.5. The first-order chi connectivity index (χ1) is 50.0. The fourth-order valence-electron chi connectivity index (χ4n) is 13.6. The van der Waals surface area contributed by atoms with E-state index in [0.29, 0.717) is 99.1 Å². The van der Waals surface area contributed by atoms with E-state index in [2.05, 4.69) is 122 Å². The van der Waals surface area contributed by atoms with E-state index in [1.807, 2.05) is 24.3 Å². The molecule has 552 valence electrons. The summed E-state index contributed by atoms with van der Waals surface area (Å²) < 4.78 is 24.5. The predicted octanol–water partition coefficient (Wildman–Crippen LogP) is 12.8. The van der Waals surface area contributed by atoms with Gasteiger partial charge in [0.15, 0.2) is 11.0 Å². The maximum Gasteiger partial charge on any atom is 0.341 e. The van der Waals surface area contributed by atoms with Crippen LogP contribution in [0.4, 0.5) is 31.8 Å². The van der Waals surface area contributed by atoms with Crippen LogP contribution >= 0.6 is 57.5 Å². The Labute approximate surface area is 625 Å². The average Bonchev–Trinajstić information content (AvgIpc) is 1.68. The van der Waals surface area contributed by atoms with Crippen molar-refractivity contribution in [3.63, 3.8) is 0 Å². The minimum Gasteiger partial charge on any atom is -0.465 e. The lowest BCUT2D eigenvalue weighted by atomic mass is 9.99. The highest BCUT2D eigenvalue weighted by Gasteiger charge is 2.32. The Morgan fingerprint density at radius 2 is 1.11 bits per heavy atom. The number of thiophene rings is 2. The Bertz CT molecular complexity index is 4000. The third kappa shape index (κ3) is 21.9. The predicted molar refractivity (Wildman–Crippen MR) is 408 cm³/mol. The van der Waals surface area contributed by atoms with Gasteiger partial charge in [-0.2, -0.15) is 0 Å². The van der Waals surface area contributed by atoms with Crippen LogP contribution in [0.15, 0.2) is 91.0 Å². The summed E-state index contributed by atoms with van der Waals surface area (Å²) in [4.78, 5) is 86.9. The topological polar surface area (TPSA) is 269 Å². The first-order valence-corrected chi connectivity index (χ1v) is 38.4. The summed E-state index contributed by atoms with van der Waals surface area (Å²) in [5, 5.41) is 36.0. The van der Waals surface area contributed by atoms with Crippen LogP contribution in [0.5, 0.6) is 0 Å².